The fourth-order valence-electron chi connectivity index (χ4n) is 3.11. The van der Waals surface area contributed by atoms with Gasteiger partial charge in [0.15, 0.2) is 0 Å². The van der Waals surface area contributed by atoms with Gasteiger partial charge >= 0.3 is 16.1 Å². The van der Waals surface area contributed by atoms with Crippen LogP contribution in [0.4, 0.5) is 10.5 Å². The van der Waals surface area contributed by atoms with Gasteiger partial charge in [-0.3, -0.25) is 14.9 Å². The summed E-state index contributed by atoms with van der Waals surface area (Å²) >= 11 is 12.4. The SMILES string of the molecule is O=C1NC(=O)N(c2ccc(Br)cc2)C(=O)/C1=C/c1cc(Br)ccc1OS(=O)(=O)c1ccc(Cl)cc1. The molecule has 1 aliphatic heterocycles. The fraction of sp³-hybridized carbons (Fsp3) is 0. The summed E-state index contributed by atoms with van der Waals surface area (Å²) in [5.74, 6) is -1.95. The van der Waals surface area contributed by atoms with Gasteiger partial charge in [-0.1, -0.05) is 43.5 Å². The van der Waals surface area contributed by atoms with Crippen LogP contribution in [-0.4, -0.2) is 26.3 Å². The van der Waals surface area contributed by atoms with Crippen LogP contribution < -0.4 is 14.4 Å². The number of anilines is 1. The molecule has 4 rings (SSSR count). The zero-order chi connectivity index (χ0) is 25.3. The smallest absolute Gasteiger partial charge is 0.339 e. The Bertz CT molecular complexity index is 1490. The first-order valence-corrected chi connectivity index (χ1v) is 13.1. The summed E-state index contributed by atoms with van der Waals surface area (Å²) in [6.45, 7) is 0. The maximum Gasteiger partial charge on any atom is 0.339 e. The number of rotatable bonds is 5. The highest BCUT2D eigenvalue weighted by atomic mass is 79.9. The molecule has 35 heavy (non-hydrogen) atoms. The number of benzene rings is 3. The summed E-state index contributed by atoms with van der Waals surface area (Å²) in [5, 5.41) is 2.47. The first kappa shape index (κ1) is 25.1. The molecule has 1 N–H and O–H groups in total. The van der Waals surface area contributed by atoms with Crippen molar-refractivity contribution >= 4 is 83.2 Å². The highest BCUT2D eigenvalue weighted by molar-refractivity contribution is 9.10. The molecular weight excluding hydrogens is 628 g/mol. The average molecular weight is 641 g/mol. The van der Waals surface area contributed by atoms with E-state index in [9.17, 15) is 22.8 Å². The van der Waals surface area contributed by atoms with Crippen LogP contribution in [-0.2, 0) is 19.7 Å². The van der Waals surface area contributed by atoms with Crippen molar-refractivity contribution in [3.8, 4) is 5.75 Å². The minimum Gasteiger partial charge on any atom is -0.378 e. The van der Waals surface area contributed by atoms with E-state index in [4.69, 9.17) is 15.8 Å². The van der Waals surface area contributed by atoms with Crippen molar-refractivity contribution in [3.63, 3.8) is 0 Å². The van der Waals surface area contributed by atoms with Crippen LogP contribution in [0.2, 0.25) is 5.02 Å². The molecule has 12 heteroatoms. The quantitative estimate of drug-likeness (QED) is 0.230. The molecule has 1 fully saturated rings. The minimum atomic E-state index is -4.26. The van der Waals surface area contributed by atoms with Gasteiger partial charge < -0.3 is 4.18 Å². The van der Waals surface area contributed by atoms with Gasteiger partial charge in [-0.25, -0.2) is 9.69 Å². The Morgan fingerprint density at radius 2 is 1.51 bits per heavy atom. The molecule has 0 spiro atoms. The lowest BCUT2D eigenvalue weighted by molar-refractivity contribution is -0.122. The molecular formula is C23H13Br2ClN2O6S. The molecule has 8 nitrogen and oxygen atoms in total. The zero-order valence-electron chi connectivity index (χ0n) is 17.4. The van der Waals surface area contributed by atoms with Gasteiger partial charge in [-0.15, -0.1) is 0 Å². The normalized spacial score (nSPS) is 15.3. The Labute approximate surface area is 221 Å². The largest absolute Gasteiger partial charge is 0.378 e. The first-order chi connectivity index (χ1) is 16.5. The van der Waals surface area contributed by atoms with Gasteiger partial charge in [0, 0.05) is 19.5 Å². The molecule has 0 atom stereocenters. The van der Waals surface area contributed by atoms with Gasteiger partial charge in [-0.2, -0.15) is 8.42 Å². The second-order valence-corrected chi connectivity index (χ2v) is 10.9. The topological polar surface area (TPSA) is 110 Å². The number of imide groups is 2. The number of carbonyl (C=O) groups excluding carboxylic acids is 3. The molecule has 1 heterocycles. The third kappa shape index (κ3) is 5.48. The predicted octanol–water partition coefficient (Wildman–Crippen LogP) is 5.30. The van der Waals surface area contributed by atoms with Gasteiger partial charge in [-0.05, 0) is 72.8 Å². The van der Waals surface area contributed by atoms with Crippen molar-refractivity contribution < 1.29 is 27.0 Å². The number of nitrogens with one attached hydrogen (secondary N) is 1. The lowest BCUT2D eigenvalue weighted by atomic mass is 10.1. The number of nitrogens with zero attached hydrogens (tertiary/aromatic N) is 1. The van der Waals surface area contributed by atoms with Gasteiger partial charge in [0.1, 0.15) is 16.2 Å². The van der Waals surface area contributed by atoms with Crippen molar-refractivity contribution in [1.82, 2.24) is 5.32 Å². The van der Waals surface area contributed by atoms with Crippen molar-refractivity contribution in [2.75, 3.05) is 4.90 Å². The Morgan fingerprint density at radius 3 is 2.17 bits per heavy atom. The summed E-state index contributed by atoms with van der Waals surface area (Å²) in [6, 6.07) is 15.2. The van der Waals surface area contributed by atoms with E-state index < -0.39 is 28.0 Å². The lowest BCUT2D eigenvalue weighted by Crippen LogP contribution is -2.54. The molecule has 178 valence electrons. The van der Waals surface area contributed by atoms with E-state index in [2.05, 4.69) is 37.2 Å². The monoisotopic (exact) mass is 638 g/mol. The molecule has 1 saturated heterocycles. The molecule has 4 amide bonds. The lowest BCUT2D eigenvalue weighted by Gasteiger charge is -2.26. The maximum absolute atomic E-state index is 13.2. The molecule has 3 aromatic carbocycles. The summed E-state index contributed by atoms with van der Waals surface area (Å²) in [5.41, 5.74) is -0.0370. The van der Waals surface area contributed by atoms with Crippen LogP contribution in [0.25, 0.3) is 6.08 Å². The highest BCUT2D eigenvalue weighted by Gasteiger charge is 2.37. The molecule has 0 bridgehead atoms. The van der Waals surface area contributed by atoms with E-state index in [1.165, 1.54) is 54.6 Å². The third-order valence-corrected chi connectivity index (χ3v) is 7.28. The third-order valence-electron chi connectivity index (χ3n) is 4.76. The molecule has 0 saturated carbocycles. The van der Waals surface area contributed by atoms with Crippen LogP contribution in [0.15, 0.2) is 86.1 Å². The van der Waals surface area contributed by atoms with Crippen molar-refractivity contribution in [2.24, 2.45) is 0 Å². The molecule has 0 unspecified atom stereocenters. The van der Waals surface area contributed by atoms with E-state index in [1.807, 2.05) is 0 Å². The van der Waals surface area contributed by atoms with E-state index >= 15 is 0 Å². The number of barbiturate groups is 1. The second-order valence-electron chi connectivity index (χ2n) is 7.11. The number of urea groups is 1. The summed E-state index contributed by atoms with van der Waals surface area (Å²) < 4.78 is 32.1. The van der Waals surface area contributed by atoms with Crippen LogP contribution in [0, 0.1) is 0 Å². The number of halogens is 3. The summed E-state index contributed by atoms with van der Waals surface area (Å²) in [6.07, 6.45) is 1.16. The van der Waals surface area contributed by atoms with Gasteiger partial charge in [0.05, 0.1) is 5.69 Å². The van der Waals surface area contributed by atoms with E-state index in [-0.39, 0.29) is 27.5 Å². The predicted molar refractivity (Wildman–Crippen MR) is 137 cm³/mol. The number of hydrogen-bond donors (Lipinski definition) is 1. The molecule has 3 aromatic rings. The molecule has 0 radical (unpaired) electrons. The van der Waals surface area contributed by atoms with E-state index in [0.29, 0.717) is 9.50 Å². The summed E-state index contributed by atoms with van der Waals surface area (Å²) in [7, 11) is -4.26. The fourth-order valence-corrected chi connectivity index (χ4v) is 4.84. The molecule has 0 aliphatic carbocycles. The highest BCUT2D eigenvalue weighted by Crippen LogP contribution is 2.30. The average Bonchev–Trinajstić information content (AvgIpc) is 2.79. The van der Waals surface area contributed by atoms with Crippen molar-refractivity contribution in [2.45, 2.75) is 4.90 Å². The minimum absolute atomic E-state index is 0.112. The second kappa shape index (κ2) is 9.94. The zero-order valence-corrected chi connectivity index (χ0v) is 22.1. The summed E-state index contributed by atoms with van der Waals surface area (Å²) in [4.78, 5) is 38.8. The maximum atomic E-state index is 13.2. The first-order valence-electron chi connectivity index (χ1n) is 9.72. The van der Waals surface area contributed by atoms with E-state index in [1.54, 1.807) is 12.1 Å². The van der Waals surface area contributed by atoms with Crippen LogP contribution in [0.3, 0.4) is 0 Å². The molecule has 0 aromatic heterocycles. The Hall–Kier alpha value is -2.99. The van der Waals surface area contributed by atoms with Crippen LogP contribution in [0.1, 0.15) is 5.56 Å². The number of carbonyl (C=O) groups is 3. The Kier molecular flexibility index (Phi) is 7.13. The van der Waals surface area contributed by atoms with Crippen LogP contribution >= 0.6 is 43.5 Å². The standard InChI is InChI=1S/C23H13Br2ClN2O6S/c24-14-1-6-17(7-2-14)28-22(30)19(21(29)27-23(28)31)12-13-11-15(25)3-10-20(13)34-35(32,33)18-8-4-16(26)5-9-18/h1-12H,(H,27,29,31)/b19-12+. The Balaban J connectivity index is 1.74. The number of hydrogen-bond acceptors (Lipinski definition) is 6. The number of amides is 4. The molecule has 1 aliphatic rings. The Morgan fingerprint density at radius 1 is 0.886 bits per heavy atom. The van der Waals surface area contributed by atoms with Crippen molar-refractivity contribution in [1.29, 1.82) is 0 Å². The van der Waals surface area contributed by atoms with Crippen LogP contribution in [0.5, 0.6) is 5.75 Å². The van der Waals surface area contributed by atoms with Gasteiger partial charge in [0.25, 0.3) is 11.8 Å². The van der Waals surface area contributed by atoms with E-state index in [0.717, 1.165) is 15.4 Å². The van der Waals surface area contributed by atoms with Crippen molar-refractivity contribution in [3.05, 3.63) is 91.8 Å². The van der Waals surface area contributed by atoms with Gasteiger partial charge in [0.2, 0.25) is 0 Å².